The van der Waals surface area contributed by atoms with Crippen molar-refractivity contribution in [2.24, 2.45) is 0 Å². The van der Waals surface area contributed by atoms with Gasteiger partial charge in [-0.15, -0.1) is 0 Å². The second kappa shape index (κ2) is 4.12. The monoisotopic (exact) mass is 256 g/mol. The molecule has 0 amide bonds. The highest BCUT2D eigenvalue weighted by Crippen LogP contribution is 2.22. The lowest BCUT2D eigenvalue weighted by Crippen LogP contribution is -1.97. The molecular formula is C14H13FN4. The number of halogens is 1. The summed E-state index contributed by atoms with van der Waals surface area (Å²) in [5.74, 6) is 0.298. The van der Waals surface area contributed by atoms with Crippen LogP contribution in [-0.4, -0.2) is 19.4 Å². The van der Waals surface area contributed by atoms with E-state index in [1.165, 1.54) is 12.3 Å². The Kier molecular flexibility index (Phi) is 2.55. The maximum atomic E-state index is 12.9. The number of nitrogens with zero attached hydrogens (tertiary/aromatic N) is 4. The Morgan fingerprint density at radius 3 is 2.58 bits per heavy atom. The Hall–Kier alpha value is -2.30. The van der Waals surface area contributed by atoms with Crippen molar-refractivity contribution in [1.82, 2.24) is 19.4 Å². The molecule has 0 saturated carbocycles. The third-order valence-corrected chi connectivity index (χ3v) is 3.11. The smallest absolute Gasteiger partial charge is 0.235 e. The van der Waals surface area contributed by atoms with Gasteiger partial charge in [-0.05, 0) is 39.0 Å². The average Bonchev–Trinajstić information content (AvgIpc) is 2.67. The molecule has 19 heavy (non-hydrogen) atoms. The summed E-state index contributed by atoms with van der Waals surface area (Å²) in [6, 6.07) is 5.02. The van der Waals surface area contributed by atoms with Gasteiger partial charge in [0.2, 0.25) is 5.78 Å². The zero-order valence-electron chi connectivity index (χ0n) is 11.0. The van der Waals surface area contributed by atoms with Crippen LogP contribution in [0.2, 0.25) is 0 Å². The zero-order valence-corrected chi connectivity index (χ0v) is 11.0. The topological polar surface area (TPSA) is 43.1 Å². The van der Waals surface area contributed by atoms with Gasteiger partial charge in [-0.25, -0.2) is 14.4 Å². The van der Waals surface area contributed by atoms with Crippen molar-refractivity contribution >= 4 is 5.78 Å². The molecule has 5 heteroatoms. The van der Waals surface area contributed by atoms with Gasteiger partial charge in [0.1, 0.15) is 11.5 Å². The van der Waals surface area contributed by atoms with E-state index in [4.69, 9.17) is 0 Å². The van der Waals surface area contributed by atoms with E-state index in [-0.39, 0.29) is 5.82 Å². The Bertz CT molecular complexity index is 759. The number of aryl methyl sites for hydroxylation is 3. The summed E-state index contributed by atoms with van der Waals surface area (Å²) in [6.07, 6.45) is 1.20. The standard InChI is InChI=1S/C14H13FN4/c1-8-6-9(2)19-10(3)13(18-14(19)17-8)12-5-4-11(15)7-16-12/h4-7H,1-3H3. The molecule has 3 heterocycles. The van der Waals surface area contributed by atoms with Crippen molar-refractivity contribution in [1.29, 1.82) is 0 Å². The van der Waals surface area contributed by atoms with E-state index in [2.05, 4.69) is 15.0 Å². The first-order chi connectivity index (χ1) is 9.06. The maximum Gasteiger partial charge on any atom is 0.235 e. The number of hydrogen-bond acceptors (Lipinski definition) is 3. The number of pyridine rings is 1. The van der Waals surface area contributed by atoms with E-state index in [9.17, 15) is 4.39 Å². The molecule has 0 radical (unpaired) electrons. The van der Waals surface area contributed by atoms with Crippen LogP contribution in [-0.2, 0) is 0 Å². The lowest BCUT2D eigenvalue weighted by Gasteiger charge is -2.03. The number of fused-ring (bicyclic) bond motifs is 1. The Morgan fingerprint density at radius 2 is 1.89 bits per heavy atom. The molecule has 0 N–H and O–H groups in total. The Labute approximate surface area is 110 Å². The van der Waals surface area contributed by atoms with Gasteiger partial charge in [0.05, 0.1) is 17.6 Å². The lowest BCUT2D eigenvalue weighted by atomic mass is 10.2. The van der Waals surface area contributed by atoms with Crippen LogP contribution in [0.4, 0.5) is 4.39 Å². The molecule has 0 aliphatic heterocycles. The summed E-state index contributed by atoms with van der Waals surface area (Å²) in [5.41, 5.74) is 4.34. The number of imidazole rings is 1. The van der Waals surface area contributed by atoms with E-state index < -0.39 is 0 Å². The maximum absolute atomic E-state index is 12.9. The second-order valence-corrected chi connectivity index (χ2v) is 4.58. The molecule has 3 aromatic heterocycles. The molecule has 4 nitrogen and oxygen atoms in total. The van der Waals surface area contributed by atoms with Gasteiger partial charge in [0.15, 0.2) is 0 Å². The first kappa shape index (κ1) is 11.8. The zero-order chi connectivity index (χ0) is 13.6. The van der Waals surface area contributed by atoms with E-state index in [1.807, 2.05) is 31.2 Å². The minimum atomic E-state index is -0.352. The minimum Gasteiger partial charge on any atom is -0.285 e. The lowest BCUT2D eigenvalue weighted by molar-refractivity contribution is 0.622. The summed E-state index contributed by atoms with van der Waals surface area (Å²) in [7, 11) is 0. The van der Waals surface area contributed by atoms with Gasteiger partial charge in [0.25, 0.3) is 0 Å². The van der Waals surface area contributed by atoms with Crippen LogP contribution in [0.5, 0.6) is 0 Å². The van der Waals surface area contributed by atoms with Crippen LogP contribution in [0.15, 0.2) is 24.4 Å². The van der Waals surface area contributed by atoms with Crippen molar-refractivity contribution < 1.29 is 4.39 Å². The van der Waals surface area contributed by atoms with Gasteiger partial charge < -0.3 is 0 Å². The van der Waals surface area contributed by atoms with Gasteiger partial charge in [-0.1, -0.05) is 0 Å². The first-order valence-corrected chi connectivity index (χ1v) is 6.01. The van der Waals surface area contributed by atoms with Crippen LogP contribution in [0, 0.1) is 26.6 Å². The van der Waals surface area contributed by atoms with Crippen LogP contribution >= 0.6 is 0 Å². The van der Waals surface area contributed by atoms with Crippen molar-refractivity contribution in [3.05, 3.63) is 47.3 Å². The molecule has 0 fully saturated rings. The van der Waals surface area contributed by atoms with Crippen LogP contribution in [0.3, 0.4) is 0 Å². The molecule has 0 aliphatic carbocycles. The molecular weight excluding hydrogens is 243 g/mol. The summed E-state index contributed by atoms with van der Waals surface area (Å²) in [6.45, 7) is 5.91. The largest absolute Gasteiger partial charge is 0.285 e. The average molecular weight is 256 g/mol. The fourth-order valence-electron chi connectivity index (χ4n) is 2.30. The highest BCUT2D eigenvalue weighted by molar-refractivity contribution is 5.61. The highest BCUT2D eigenvalue weighted by Gasteiger charge is 2.14. The molecule has 0 saturated heterocycles. The molecule has 0 aromatic carbocycles. The van der Waals surface area contributed by atoms with E-state index in [0.717, 1.165) is 22.8 Å². The number of rotatable bonds is 1. The third kappa shape index (κ3) is 1.87. The molecule has 96 valence electrons. The van der Waals surface area contributed by atoms with Gasteiger partial charge in [-0.2, -0.15) is 0 Å². The number of hydrogen-bond donors (Lipinski definition) is 0. The Morgan fingerprint density at radius 1 is 1.11 bits per heavy atom. The molecule has 3 aromatic rings. The molecule has 0 unspecified atom stereocenters. The number of aromatic nitrogens is 4. The summed E-state index contributed by atoms with van der Waals surface area (Å²) >= 11 is 0. The molecule has 0 spiro atoms. The summed E-state index contributed by atoms with van der Waals surface area (Å²) in [5, 5.41) is 0. The fraction of sp³-hybridized carbons (Fsp3) is 0.214. The SMILES string of the molecule is Cc1cc(C)n2c(C)c(-c3ccc(F)cn3)nc2n1. The van der Waals surface area contributed by atoms with Crippen molar-refractivity contribution in [2.75, 3.05) is 0 Å². The third-order valence-electron chi connectivity index (χ3n) is 3.11. The van der Waals surface area contributed by atoms with Crippen LogP contribution in [0.1, 0.15) is 17.1 Å². The van der Waals surface area contributed by atoms with Crippen LogP contribution < -0.4 is 0 Å². The van der Waals surface area contributed by atoms with Gasteiger partial charge in [-0.3, -0.25) is 9.38 Å². The Balaban J connectivity index is 2.28. The normalized spacial score (nSPS) is 11.2. The second-order valence-electron chi connectivity index (χ2n) is 4.58. The summed E-state index contributed by atoms with van der Waals surface area (Å²) in [4.78, 5) is 13.0. The quantitative estimate of drug-likeness (QED) is 0.672. The minimum absolute atomic E-state index is 0.352. The molecule has 0 aliphatic rings. The van der Waals surface area contributed by atoms with E-state index >= 15 is 0 Å². The van der Waals surface area contributed by atoms with Gasteiger partial charge >= 0.3 is 0 Å². The fourth-order valence-corrected chi connectivity index (χ4v) is 2.30. The molecule has 3 rings (SSSR count). The first-order valence-electron chi connectivity index (χ1n) is 6.01. The van der Waals surface area contributed by atoms with Gasteiger partial charge in [0, 0.05) is 11.4 Å². The molecule has 0 atom stereocenters. The summed E-state index contributed by atoms with van der Waals surface area (Å²) < 4.78 is 14.9. The van der Waals surface area contributed by atoms with Crippen molar-refractivity contribution in [3.8, 4) is 11.4 Å². The van der Waals surface area contributed by atoms with Crippen molar-refractivity contribution in [2.45, 2.75) is 20.8 Å². The van der Waals surface area contributed by atoms with Crippen molar-refractivity contribution in [3.63, 3.8) is 0 Å². The van der Waals surface area contributed by atoms with Crippen LogP contribution in [0.25, 0.3) is 17.2 Å². The molecule has 0 bridgehead atoms. The predicted molar refractivity (Wildman–Crippen MR) is 70.4 cm³/mol. The van der Waals surface area contributed by atoms with E-state index in [1.54, 1.807) is 6.07 Å². The predicted octanol–water partition coefficient (Wildman–Crippen LogP) is 2.86. The van der Waals surface area contributed by atoms with E-state index in [0.29, 0.717) is 11.5 Å². The highest BCUT2D eigenvalue weighted by atomic mass is 19.1.